The van der Waals surface area contributed by atoms with Gasteiger partial charge in [-0.1, -0.05) is 15.9 Å². The van der Waals surface area contributed by atoms with Gasteiger partial charge in [-0.2, -0.15) is 0 Å². The minimum absolute atomic E-state index is 0.146. The monoisotopic (exact) mass is 366 g/mol. The molecule has 0 bridgehead atoms. The van der Waals surface area contributed by atoms with Gasteiger partial charge < -0.3 is 4.74 Å². The Kier molecular flexibility index (Phi) is 3.92. The van der Waals surface area contributed by atoms with E-state index in [4.69, 9.17) is 4.74 Å². The minimum atomic E-state index is 0.146. The summed E-state index contributed by atoms with van der Waals surface area (Å²) < 4.78 is 8.51. The van der Waals surface area contributed by atoms with E-state index in [-0.39, 0.29) is 5.78 Å². The first-order chi connectivity index (χ1) is 9.67. The van der Waals surface area contributed by atoms with Crippen LogP contribution in [0.3, 0.4) is 0 Å². The molecule has 0 atom stereocenters. The minimum Gasteiger partial charge on any atom is -0.497 e. The van der Waals surface area contributed by atoms with Crippen LogP contribution in [0.25, 0.3) is 9.40 Å². The van der Waals surface area contributed by atoms with Crippen LogP contribution in [-0.2, 0) is 6.42 Å². The van der Waals surface area contributed by atoms with Gasteiger partial charge in [0.1, 0.15) is 5.75 Å². The fourth-order valence-electron chi connectivity index (χ4n) is 1.98. The number of benzene rings is 1. The van der Waals surface area contributed by atoms with Crippen LogP contribution < -0.4 is 4.74 Å². The molecule has 2 aromatic heterocycles. The predicted octanol–water partition coefficient (Wildman–Crippen LogP) is 5.16. The predicted molar refractivity (Wildman–Crippen MR) is 88.4 cm³/mol. The van der Waals surface area contributed by atoms with Gasteiger partial charge in [0.05, 0.1) is 12.0 Å². The molecular formula is C15H11BrO2S2. The summed E-state index contributed by atoms with van der Waals surface area (Å²) in [4.78, 5) is 13.2. The summed E-state index contributed by atoms with van der Waals surface area (Å²) in [6.07, 6.45) is 0.381. The summed E-state index contributed by atoms with van der Waals surface area (Å²) in [5.74, 6) is 0.913. The van der Waals surface area contributed by atoms with Crippen molar-refractivity contribution in [2.45, 2.75) is 6.42 Å². The Balaban J connectivity index is 1.87. The van der Waals surface area contributed by atoms with Gasteiger partial charge in [-0.25, -0.2) is 0 Å². The zero-order chi connectivity index (χ0) is 14.1. The van der Waals surface area contributed by atoms with E-state index in [9.17, 15) is 4.79 Å². The molecular weight excluding hydrogens is 356 g/mol. The van der Waals surface area contributed by atoms with E-state index in [0.717, 1.165) is 20.7 Å². The first-order valence-electron chi connectivity index (χ1n) is 6.00. The number of methoxy groups -OCH3 is 1. The molecule has 102 valence electrons. The zero-order valence-corrected chi connectivity index (χ0v) is 13.9. The fraction of sp³-hybridized carbons (Fsp3) is 0.133. The fourth-order valence-corrected chi connectivity index (χ4v) is 4.41. The zero-order valence-electron chi connectivity index (χ0n) is 10.7. The largest absolute Gasteiger partial charge is 0.497 e. The third-order valence-electron chi connectivity index (χ3n) is 3.02. The number of rotatable bonds is 4. The second-order valence-electron chi connectivity index (χ2n) is 4.32. The van der Waals surface area contributed by atoms with E-state index in [1.807, 2.05) is 29.6 Å². The van der Waals surface area contributed by atoms with Gasteiger partial charge in [0, 0.05) is 20.3 Å². The van der Waals surface area contributed by atoms with Crippen LogP contribution in [0.4, 0.5) is 0 Å². The van der Waals surface area contributed by atoms with E-state index in [2.05, 4.69) is 22.0 Å². The molecule has 0 N–H and O–H groups in total. The highest BCUT2D eigenvalue weighted by Gasteiger charge is 2.14. The van der Waals surface area contributed by atoms with Crippen molar-refractivity contribution in [2.24, 2.45) is 0 Å². The maximum absolute atomic E-state index is 12.4. The van der Waals surface area contributed by atoms with E-state index < -0.39 is 0 Å². The first kappa shape index (κ1) is 13.8. The lowest BCUT2D eigenvalue weighted by molar-refractivity contribution is 0.0996. The molecule has 3 rings (SSSR count). The van der Waals surface area contributed by atoms with Crippen molar-refractivity contribution >= 4 is 53.8 Å². The van der Waals surface area contributed by atoms with Gasteiger partial charge in [-0.15, -0.1) is 22.7 Å². The molecule has 0 aliphatic carbocycles. The topological polar surface area (TPSA) is 26.3 Å². The smallest absolute Gasteiger partial charge is 0.177 e. The number of carbonyl (C=O) groups excluding carboxylic acids is 1. The average molecular weight is 367 g/mol. The molecule has 0 aliphatic heterocycles. The van der Waals surface area contributed by atoms with Crippen molar-refractivity contribution in [3.8, 4) is 5.75 Å². The number of thiophene rings is 2. The highest BCUT2D eigenvalue weighted by atomic mass is 79.9. The standard InChI is InChI=1S/C15H11BrO2S2/c1-18-10-2-3-11(16)9(6-10)7-12(17)14-8-15-13(20-14)4-5-19-15/h2-6,8H,7H2,1H3. The van der Waals surface area contributed by atoms with E-state index in [1.54, 1.807) is 29.8 Å². The van der Waals surface area contributed by atoms with E-state index >= 15 is 0 Å². The van der Waals surface area contributed by atoms with Gasteiger partial charge in [-0.05, 0) is 41.3 Å². The SMILES string of the molecule is COc1ccc(Br)c(CC(=O)c2cc3sccc3s2)c1. The van der Waals surface area contributed by atoms with Gasteiger partial charge in [0.25, 0.3) is 0 Å². The summed E-state index contributed by atoms with van der Waals surface area (Å²) in [6, 6.07) is 9.73. The Hall–Kier alpha value is -1.17. The van der Waals surface area contributed by atoms with Crippen LogP contribution in [0.2, 0.25) is 0 Å². The van der Waals surface area contributed by atoms with Crippen molar-refractivity contribution in [1.29, 1.82) is 0 Å². The Labute approximate surface area is 133 Å². The third kappa shape index (κ3) is 2.66. The van der Waals surface area contributed by atoms with Gasteiger partial charge in [0.2, 0.25) is 0 Å². The summed E-state index contributed by atoms with van der Waals surface area (Å²) in [5, 5.41) is 2.05. The maximum Gasteiger partial charge on any atom is 0.177 e. The van der Waals surface area contributed by atoms with Crippen molar-refractivity contribution in [2.75, 3.05) is 7.11 Å². The molecule has 20 heavy (non-hydrogen) atoms. The number of ether oxygens (including phenoxy) is 1. The average Bonchev–Trinajstić information content (AvgIpc) is 3.02. The maximum atomic E-state index is 12.4. The molecule has 0 fully saturated rings. The second-order valence-corrected chi connectivity index (χ2v) is 7.20. The number of carbonyl (C=O) groups is 1. The van der Waals surface area contributed by atoms with Crippen molar-refractivity contribution < 1.29 is 9.53 Å². The Morgan fingerprint density at radius 1 is 1.25 bits per heavy atom. The molecule has 0 unspecified atom stereocenters. The summed E-state index contributed by atoms with van der Waals surface area (Å²) in [7, 11) is 1.63. The normalized spacial score (nSPS) is 10.9. The molecule has 0 radical (unpaired) electrons. The van der Waals surface area contributed by atoms with Crippen LogP contribution in [0, 0.1) is 0 Å². The molecule has 2 nitrogen and oxygen atoms in total. The number of Topliss-reactive ketones (excluding diaryl/α,β-unsaturated/α-hetero) is 1. The molecule has 0 saturated carbocycles. The van der Waals surface area contributed by atoms with Gasteiger partial charge >= 0.3 is 0 Å². The number of ketones is 1. The Morgan fingerprint density at radius 3 is 2.85 bits per heavy atom. The summed E-state index contributed by atoms with van der Waals surface area (Å²) >= 11 is 6.72. The van der Waals surface area contributed by atoms with Crippen LogP contribution in [0.1, 0.15) is 15.2 Å². The summed E-state index contributed by atoms with van der Waals surface area (Å²) in [5.41, 5.74) is 0.950. The molecule has 5 heteroatoms. The third-order valence-corrected chi connectivity index (χ3v) is 5.93. The Morgan fingerprint density at radius 2 is 2.10 bits per heavy atom. The van der Waals surface area contributed by atoms with Crippen LogP contribution in [0.5, 0.6) is 5.75 Å². The van der Waals surface area contributed by atoms with Gasteiger partial charge in [0.15, 0.2) is 5.78 Å². The number of halogens is 1. The van der Waals surface area contributed by atoms with Crippen molar-refractivity contribution in [1.82, 2.24) is 0 Å². The molecule has 3 aromatic rings. The van der Waals surface area contributed by atoms with Crippen LogP contribution in [-0.4, -0.2) is 12.9 Å². The Bertz CT molecular complexity index is 745. The number of hydrogen-bond acceptors (Lipinski definition) is 4. The highest BCUT2D eigenvalue weighted by Crippen LogP contribution is 2.31. The summed E-state index contributed by atoms with van der Waals surface area (Å²) in [6.45, 7) is 0. The molecule has 2 heterocycles. The molecule has 1 aromatic carbocycles. The second kappa shape index (κ2) is 5.68. The van der Waals surface area contributed by atoms with Crippen molar-refractivity contribution in [3.63, 3.8) is 0 Å². The first-order valence-corrected chi connectivity index (χ1v) is 8.49. The lowest BCUT2D eigenvalue weighted by Crippen LogP contribution is -2.02. The number of hydrogen-bond donors (Lipinski definition) is 0. The number of fused-ring (bicyclic) bond motifs is 1. The molecule has 0 saturated heterocycles. The molecule has 0 aliphatic rings. The lowest BCUT2D eigenvalue weighted by Gasteiger charge is -2.06. The van der Waals surface area contributed by atoms with E-state index in [1.165, 1.54) is 9.40 Å². The highest BCUT2D eigenvalue weighted by molar-refractivity contribution is 9.10. The van der Waals surface area contributed by atoms with E-state index in [0.29, 0.717) is 6.42 Å². The molecule has 0 spiro atoms. The van der Waals surface area contributed by atoms with Gasteiger partial charge in [-0.3, -0.25) is 4.79 Å². The lowest BCUT2D eigenvalue weighted by atomic mass is 10.1. The quantitative estimate of drug-likeness (QED) is 0.596. The molecule has 0 amide bonds. The van der Waals surface area contributed by atoms with Crippen LogP contribution in [0.15, 0.2) is 40.2 Å². The van der Waals surface area contributed by atoms with Crippen LogP contribution >= 0.6 is 38.6 Å². The van der Waals surface area contributed by atoms with Crippen molar-refractivity contribution in [3.05, 3.63) is 50.6 Å².